The van der Waals surface area contributed by atoms with Crippen LogP contribution in [0.2, 0.25) is 0 Å². The number of hydrogen-bond acceptors (Lipinski definition) is 15. The van der Waals surface area contributed by atoms with Crippen LogP contribution in [0.25, 0.3) is 0 Å². The normalized spacial score (nSPS) is 23.3. The fraction of sp³-hybridized carbons (Fsp3) is 0.556. The maximum absolute atomic E-state index is 13.8. The van der Waals surface area contributed by atoms with Gasteiger partial charge in [0.1, 0.15) is 29.6 Å². The Kier molecular flexibility index (Phi) is 12.5. The number of aliphatic hydroxyl groups is 2. The number of carbonyl (C=O) groups excluding carboxylic acids is 2. The largest absolute Gasteiger partial charge is 0.510 e. The molecule has 0 amide bonds. The summed E-state index contributed by atoms with van der Waals surface area (Å²) in [6.45, 7) is 8.11. The summed E-state index contributed by atoms with van der Waals surface area (Å²) in [4.78, 5) is 45.3. The molecule has 1 aliphatic heterocycles. The Morgan fingerprint density at radius 2 is 1.78 bits per heavy atom. The van der Waals surface area contributed by atoms with Gasteiger partial charge in [0.05, 0.1) is 18.8 Å². The second-order valence-corrected chi connectivity index (χ2v) is 12.4. The molecule has 1 aliphatic rings. The topological polar surface area (TPSA) is 215 Å². The number of nitrogens with one attached hydrogen (secondary N) is 2. The van der Waals surface area contributed by atoms with Gasteiger partial charge in [0.2, 0.25) is 6.79 Å². The third-order valence-electron chi connectivity index (χ3n) is 6.02. The van der Waals surface area contributed by atoms with Crippen molar-refractivity contribution >= 4 is 25.7 Å². The Bertz CT molecular complexity index is 1390. The molecule has 3 rings (SSSR count). The number of aliphatic hydroxyl groups excluding tert-OH is 1. The summed E-state index contributed by atoms with van der Waals surface area (Å²) in [6, 6.07) is 8.21. The van der Waals surface area contributed by atoms with Gasteiger partial charge in [0.15, 0.2) is 12.0 Å². The highest BCUT2D eigenvalue weighted by Crippen LogP contribution is 2.47. The number of anilines is 1. The van der Waals surface area contributed by atoms with Gasteiger partial charge < -0.3 is 33.7 Å². The van der Waals surface area contributed by atoms with Crippen molar-refractivity contribution in [3.63, 3.8) is 0 Å². The minimum Gasteiger partial charge on any atom is -0.462 e. The van der Waals surface area contributed by atoms with E-state index in [1.807, 2.05) is 0 Å². The minimum absolute atomic E-state index is 0.0645. The van der Waals surface area contributed by atoms with Gasteiger partial charge in [-0.25, -0.2) is 24.5 Å². The number of benzene rings is 1. The fourth-order valence-electron chi connectivity index (χ4n) is 3.94. The number of ether oxygens (including phenoxy) is 4. The van der Waals surface area contributed by atoms with Crippen LogP contribution in [0.3, 0.4) is 0 Å². The predicted octanol–water partition coefficient (Wildman–Crippen LogP) is 2.25. The zero-order valence-electron chi connectivity index (χ0n) is 25.6. The van der Waals surface area contributed by atoms with E-state index < -0.39 is 75.1 Å². The first-order valence-electron chi connectivity index (χ1n) is 13.9. The van der Waals surface area contributed by atoms with Crippen molar-refractivity contribution in [3.05, 3.63) is 53.1 Å². The summed E-state index contributed by atoms with van der Waals surface area (Å²) in [5.41, 5.74) is -0.617. The van der Waals surface area contributed by atoms with Crippen molar-refractivity contribution in [1.29, 1.82) is 0 Å². The highest BCUT2D eigenvalue weighted by Gasteiger charge is 2.54. The average Bonchev–Trinajstić information content (AvgIpc) is 3.17. The van der Waals surface area contributed by atoms with Crippen LogP contribution in [-0.4, -0.2) is 81.3 Å². The third-order valence-corrected chi connectivity index (χ3v) is 7.66. The molecular formula is C27H39N4O13P. The van der Waals surface area contributed by atoms with E-state index in [1.54, 1.807) is 45.9 Å². The third kappa shape index (κ3) is 10.2. The molecule has 0 spiro atoms. The molecule has 17 nitrogen and oxygen atoms in total. The number of hydrogen-bond donors (Lipinski definition) is 4. The van der Waals surface area contributed by atoms with Crippen LogP contribution in [0, 0.1) is 0 Å². The summed E-state index contributed by atoms with van der Waals surface area (Å²) >= 11 is 0. The maximum atomic E-state index is 13.8. The predicted molar refractivity (Wildman–Crippen MR) is 156 cm³/mol. The lowest BCUT2D eigenvalue weighted by molar-refractivity contribution is -0.149. The van der Waals surface area contributed by atoms with Gasteiger partial charge in [-0.2, -0.15) is 10.1 Å². The first kappa shape index (κ1) is 35.9. The quantitative estimate of drug-likeness (QED) is 0.0710. The molecule has 2 heterocycles. The lowest BCUT2D eigenvalue weighted by Crippen LogP contribution is -2.46. The van der Waals surface area contributed by atoms with Crippen LogP contribution in [-0.2, 0) is 37.7 Å². The molecular weight excluding hydrogens is 619 g/mol. The first-order chi connectivity index (χ1) is 21.1. The molecule has 250 valence electrons. The van der Waals surface area contributed by atoms with E-state index >= 15 is 0 Å². The molecule has 1 aromatic heterocycles. The van der Waals surface area contributed by atoms with Crippen molar-refractivity contribution < 1.29 is 57.2 Å². The molecule has 0 aliphatic carbocycles. The molecule has 1 aromatic carbocycles. The van der Waals surface area contributed by atoms with Crippen LogP contribution in [0.5, 0.6) is 5.75 Å². The van der Waals surface area contributed by atoms with Gasteiger partial charge in [-0.05, 0) is 59.7 Å². The van der Waals surface area contributed by atoms with Gasteiger partial charge in [0.25, 0.3) is 0 Å². The number of aromatic nitrogens is 2. The second-order valence-electron chi connectivity index (χ2n) is 10.7. The minimum atomic E-state index is -4.32. The summed E-state index contributed by atoms with van der Waals surface area (Å²) in [5, 5.41) is 24.5. The first-order valence-corrected chi connectivity index (χ1v) is 15.5. The SMILES string of the molecule is CC(C)OC(=O)OCONc1ccn([C@@H]2O[C@H](COP(=O)(N[C@@H](C)C(=O)OC(C)C)Oc3ccccc3)C(O)[C@@]2(C)O)c(=O)n1. The van der Waals surface area contributed by atoms with Crippen LogP contribution < -0.4 is 20.8 Å². The van der Waals surface area contributed by atoms with Crippen molar-refractivity contribution in [2.75, 3.05) is 18.9 Å². The Balaban J connectivity index is 1.69. The molecule has 1 saturated heterocycles. The lowest BCUT2D eigenvalue weighted by atomic mass is 9.96. The number of para-hydroxylation sites is 1. The van der Waals surface area contributed by atoms with Gasteiger partial charge in [-0.3, -0.25) is 13.9 Å². The molecule has 0 saturated carbocycles. The van der Waals surface area contributed by atoms with Gasteiger partial charge in [0, 0.05) is 6.20 Å². The van der Waals surface area contributed by atoms with E-state index in [4.69, 9.17) is 28.1 Å². The Hall–Kier alpha value is -3.57. The molecule has 4 N–H and O–H groups in total. The summed E-state index contributed by atoms with van der Waals surface area (Å²) in [7, 11) is -4.32. The zero-order valence-corrected chi connectivity index (χ0v) is 26.5. The molecule has 1 fully saturated rings. The highest BCUT2D eigenvalue weighted by atomic mass is 31.2. The molecule has 45 heavy (non-hydrogen) atoms. The van der Waals surface area contributed by atoms with E-state index in [0.717, 1.165) is 4.57 Å². The second kappa shape index (κ2) is 15.6. The fourth-order valence-corrected chi connectivity index (χ4v) is 5.44. The molecule has 2 aromatic rings. The average molecular weight is 659 g/mol. The monoisotopic (exact) mass is 658 g/mol. The van der Waals surface area contributed by atoms with E-state index in [1.165, 1.54) is 38.2 Å². The van der Waals surface area contributed by atoms with Crippen LogP contribution in [0.1, 0.15) is 47.8 Å². The Labute approximate surface area is 259 Å². The molecule has 2 unspecified atom stereocenters. The van der Waals surface area contributed by atoms with E-state index in [9.17, 15) is 29.2 Å². The Morgan fingerprint density at radius 1 is 1.11 bits per heavy atom. The van der Waals surface area contributed by atoms with E-state index in [2.05, 4.69) is 20.3 Å². The van der Waals surface area contributed by atoms with Crippen molar-refractivity contribution in [1.82, 2.24) is 14.6 Å². The number of esters is 1. The highest BCUT2D eigenvalue weighted by molar-refractivity contribution is 7.52. The Morgan fingerprint density at radius 3 is 2.40 bits per heavy atom. The maximum Gasteiger partial charge on any atom is 0.510 e. The smallest absolute Gasteiger partial charge is 0.462 e. The standard InChI is InChI=1S/C27H39N4O13P/c1-16(2)41-23(33)18(5)30-45(37,44-19-10-8-7-9-11-19)40-14-20-22(32)27(6,36)24(43-20)31-13-12-21(28-25(31)34)29-39-15-38-26(35)42-17(3)4/h7-13,16-18,20,22,24,32,36H,14-15H2,1-6H3,(H,30,37)(H,28,29,34)/t18-,20+,22?,24+,27+,45?/m0/s1. The van der Waals surface area contributed by atoms with Crippen molar-refractivity contribution in [2.45, 2.75) is 83.8 Å². The van der Waals surface area contributed by atoms with Crippen molar-refractivity contribution in [3.8, 4) is 5.75 Å². The molecule has 6 atom stereocenters. The molecule has 18 heteroatoms. The van der Waals surface area contributed by atoms with E-state index in [0.29, 0.717) is 0 Å². The van der Waals surface area contributed by atoms with Gasteiger partial charge in [-0.1, -0.05) is 18.2 Å². The van der Waals surface area contributed by atoms with Crippen LogP contribution in [0.4, 0.5) is 10.6 Å². The summed E-state index contributed by atoms with van der Waals surface area (Å²) in [5.74, 6) is -0.611. The lowest BCUT2D eigenvalue weighted by Gasteiger charge is -2.27. The molecule has 0 radical (unpaired) electrons. The zero-order chi connectivity index (χ0) is 33.4. The van der Waals surface area contributed by atoms with Crippen LogP contribution in [0.15, 0.2) is 47.4 Å². The molecule has 0 bridgehead atoms. The van der Waals surface area contributed by atoms with Crippen molar-refractivity contribution in [2.24, 2.45) is 0 Å². The number of rotatable bonds is 15. The van der Waals surface area contributed by atoms with Gasteiger partial charge >= 0.3 is 25.6 Å². The number of nitrogens with zero attached hydrogens (tertiary/aromatic N) is 2. The van der Waals surface area contributed by atoms with E-state index in [-0.39, 0.29) is 17.7 Å². The summed E-state index contributed by atoms with van der Waals surface area (Å²) in [6.07, 6.45) is -4.94. The van der Waals surface area contributed by atoms with Crippen LogP contribution >= 0.6 is 7.75 Å². The van der Waals surface area contributed by atoms with Gasteiger partial charge in [-0.15, -0.1) is 0 Å². The number of carbonyl (C=O) groups is 2. The summed E-state index contributed by atoms with van der Waals surface area (Å²) < 4.78 is 46.3.